The predicted octanol–water partition coefficient (Wildman–Crippen LogP) is 4.00. The Kier molecular flexibility index (Phi) is 5.86. The second-order valence-electron chi connectivity index (χ2n) is 5.61. The first-order valence-electron chi connectivity index (χ1n) is 7.73. The number of benzene rings is 2. The van der Waals surface area contributed by atoms with Gasteiger partial charge in [0.15, 0.2) is 0 Å². The van der Waals surface area contributed by atoms with Crippen LogP contribution in [-0.4, -0.2) is 28.7 Å². The fourth-order valence-electron chi connectivity index (χ4n) is 2.53. The highest BCUT2D eigenvalue weighted by atomic mass is 35.5. The summed E-state index contributed by atoms with van der Waals surface area (Å²) in [5, 5.41) is 3.16. The van der Waals surface area contributed by atoms with E-state index in [4.69, 9.17) is 23.2 Å². The minimum atomic E-state index is -0.586. The van der Waals surface area contributed by atoms with Crippen LogP contribution in [0.25, 0.3) is 0 Å². The maximum Gasteiger partial charge on any atom is 0.247 e. The number of hydrogen-bond donors (Lipinski definition) is 1. The number of carbonyl (C=O) groups excluding carboxylic acids is 3. The van der Waals surface area contributed by atoms with Gasteiger partial charge in [-0.15, -0.1) is 11.8 Å². The lowest BCUT2D eigenvalue weighted by molar-refractivity contribution is -0.121. The average Bonchev–Trinajstić information content (AvgIpc) is 2.89. The molecule has 0 aromatic heterocycles. The molecular weight excluding hydrogens is 395 g/mol. The van der Waals surface area contributed by atoms with Gasteiger partial charge >= 0.3 is 0 Å². The van der Waals surface area contributed by atoms with Crippen LogP contribution in [0.1, 0.15) is 6.42 Å². The molecule has 2 aromatic carbocycles. The zero-order valence-electron chi connectivity index (χ0n) is 13.4. The number of anilines is 2. The quantitative estimate of drug-likeness (QED) is 0.759. The number of amides is 3. The summed E-state index contributed by atoms with van der Waals surface area (Å²) in [5.74, 6) is -0.816. The minimum Gasteiger partial charge on any atom is -0.325 e. The van der Waals surface area contributed by atoms with Crippen molar-refractivity contribution in [2.24, 2.45) is 0 Å². The highest BCUT2D eigenvalue weighted by Crippen LogP contribution is 2.30. The molecule has 0 unspecified atom stereocenters. The van der Waals surface area contributed by atoms with Gasteiger partial charge in [0, 0.05) is 22.2 Å². The number of nitrogens with zero attached hydrogens (tertiary/aromatic N) is 1. The third-order valence-corrected chi connectivity index (χ3v) is 5.40. The van der Waals surface area contributed by atoms with Gasteiger partial charge in [0.05, 0.1) is 16.7 Å². The van der Waals surface area contributed by atoms with Crippen molar-refractivity contribution >= 4 is 64.1 Å². The summed E-state index contributed by atoms with van der Waals surface area (Å²) in [7, 11) is 0. The van der Waals surface area contributed by atoms with Crippen molar-refractivity contribution in [3.05, 3.63) is 58.6 Å². The van der Waals surface area contributed by atoms with Crippen molar-refractivity contribution in [2.45, 2.75) is 11.7 Å². The van der Waals surface area contributed by atoms with Crippen molar-refractivity contribution < 1.29 is 14.4 Å². The molecule has 0 bridgehead atoms. The molecule has 1 saturated heterocycles. The Bertz CT molecular complexity index is 858. The summed E-state index contributed by atoms with van der Waals surface area (Å²) in [6.07, 6.45) is 0.0598. The van der Waals surface area contributed by atoms with E-state index in [1.807, 2.05) is 0 Å². The SMILES string of the molecule is O=C(CS[C@@H]1CC(=O)N(c2cccc(Cl)c2)C1=O)Nc1ccc(Cl)cc1. The summed E-state index contributed by atoms with van der Waals surface area (Å²) < 4.78 is 0. The van der Waals surface area contributed by atoms with Crippen LogP contribution in [0.4, 0.5) is 11.4 Å². The molecule has 134 valence electrons. The lowest BCUT2D eigenvalue weighted by Gasteiger charge is -2.15. The molecule has 0 radical (unpaired) electrons. The molecule has 0 aliphatic carbocycles. The number of halogens is 2. The molecule has 0 spiro atoms. The highest BCUT2D eigenvalue weighted by molar-refractivity contribution is 8.01. The summed E-state index contributed by atoms with van der Waals surface area (Å²) in [6.45, 7) is 0. The molecule has 26 heavy (non-hydrogen) atoms. The number of thioether (sulfide) groups is 1. The zero-order chi connectivity index (χ0) is 18.7. The maximum atomic E-state index is 12.5. The molecule has 5 nitrogen and oxygen atoms in total. The van der Waals surface area contributed by atoms with E-state index in [0.29, 0.717) is 21.4 Å². The lowest BCUT2D eigenvalue weighted by atomic mass is 10.3. The molecular formula is C18H14Cl2N2O3S. The fraction of sp³-hybridized carbons (Fsp3) is 0.167. The number of rotatable bonds is 5. The summed E-state index contributed by atoms with van der Waals surface area (Å²) >= 11 is 12.9. The zero-order valence-corrected chi connectivity index (χ0v) is 15.8. The van der Waals surface area contributed by atoms with Crippen LogP contribution in [0.5, 0.6) is 0 Å². The van der Waals surface area contributed by atoms with Gasteiger partial charge in [-0.05, 0) is 42.5 Å². The third-order valence-electron chi connectivity index (χ3n) is 3.72. The Morgan fingerprint density at radius 1 is 1.12 bits per heavy atom. The number of carbonyl (C=O) groups is 3. The van der Waals surface area contributed by atoms with Crippen molar-refractivity contribution in [3.63, 3.8) is 0 Å². The van der Waals surface area contributed by atoms with Crippen molar-refractivity contribution in [2.75, 3.05) is 16.0 Å². The topological polar surface area (TPSA) is 66.5 Å². The van der Waals surface area contributed by atoms with Crippen LogP contribution in [0.15, 0.2) is 48.5 Å². The second kappa shape index (κ2) is 8.12. The lowest BCUT2D eigenvalue weighted by Crippen LogP contribution is -2.31. The van der Waals surface area contributed by atoms with Crippen LogP contribution in [0.2, 0.25) is 10.0 Å². The normalized spacial score (nSPS) is 16.8. The Labute approximate surface area is 164 Å². The number of hydrogen-bond acceptors (Lipinski definition) is 4. The molecule has 8 heteroatoms. The van der Waals surface area contributed by atoms with Gasteiger partial charge in [0.25, 0.3) is 0 Å². The summed E-state index contributed by atoms with van der Waals surface area (Å²) in [6, 6.07) is 13.3. The number of imide groups is 1. The largest absolute Gasteiger partial charge is 0.325 e. The molecule has 3 amide bonds. The van der Waals surface area contributed by atoms with E-state index in [2.05, 4.69) is 5.32 Å². The first-order chi connectivity index (χ1) is 12.4. The van der Waals surface area contributed by atoms with Crippen LogP contribution in [0.3, 0.4) is 0 Å². The Balaban J connectivity index is 1.59. The van der Waals surface area contributed by atoms with E-state index in [1.165, 1.54) is 0 Å². The van der Waals surface area contributed by atoms with Crippen LogP contribution in [0, 0.1) is 0 Å². The van der Waals surface area contributed by atoms with Crippen LogP contribution >= 0.6 is 35.0 Å². The summed E-state index contributed by atoms with van der Waals surface area (Å²) in [4.78, 5) is 37.9. The molecule has 1 fully saturated rings. The van der Waals surface area contributed by atoms with Gasteiger partial charge < -0.3 is 5.32 Å². The fourth-order valence-corrected chi connectivity index (χ4v) is 3.77. The molecule has 2 aromatic rings. The van der Waals surface area contributed by atoms with Crippen molar-refractivity contribution in [1.29, 1.82) is 0 Å². The van der Waals surface area contributed by atoms with E-state index in [9.17, 15) is 14.4 Å². The van der Waals surface area contributed by atoms with E-state index in [-0.39, 0.29) is 29.9 Å². The highest BCUT2D eigenvalue weighted by Gasteiger charge is 2.40. The molecule has 1 aliphatic rings. The van der Waals surface area contributed by atoms with E-state index >= 15 is 0 Å². The molecule has 3 rings (SSSR count). The molecule has 0 saturated carbocycles. The molecule has 1 atom stereocenters. The molecule has 1 heterocycles. The Morgan fingerprint density at radius 2 is 1.85 bits per heavy atom. The predicted molar refractivity (Wildman–Crippen MR) is 105 cm³/mol. The minimum absolute atomic E-state index is 0.0598. The smallest absolute Gasteiger partial charge is 0.247 e. The van der Waals surface area contributed by atoms with Gasteiger partial charge in [0.2, 0.25) is 17.7 Å². The second-order valence-corrected chi connectivity index (χ2v) is 7.67. The van der Waals surface area contributed by atoms with E-state index in [1.54, 1.807) is 48.5 Å². The van der Waals surface area contributed by atoms with Gasteiger partial charge in [-0.25, -0.2) is 4.90 Å². The average molecular weight is 409 g/mol. The molecule has 1 aliphatic heterocycles. The Hall–Kier alpha value is -2.02. The van der Waals surface area contributed by atoms with Gasteiger partial charge in [0.1, 0.15) is 0 Å². The third kappa shape index (κ3) is 4.38. The Morgan fingerprint density at radius 3 is 2.54 bits per heavy atom. The standard InChI is InChI=1S/C18H14Cl2N2O3S/c19-11-4-6-13(7-5-11)21-16(23)10-26-15-9-17(24)22(18(15)25)14-3-1-2-12(20)8-14/h1-8,15H,9-10H2,(H,21,23)/t15-/m1/s1. The summed E-state index contributed by atoms with van der Waals surface area (Å²) in [5.41, 5.74) is 1.07. The van der Waals surface area contributed by atoms with E-state index < -0.39 is 5.25 Å². The van der Waals surface area contributed by atoms with Crippen molar-refractivity contribution in [1.82, 2.24) is 0 Å². The van der Waals surface area contributed by atoms with Gasteiger partial charge in [-0.3, -0.25) is 14.4 Å². The van der Waals surface area contributed by atoms with Gasteiger partial charge in [-0.1, -0.05) is 29.3 Å². The van der Waals surface area contributed by atoms with Gasteiger partial charge in [-0.2, -0.15) is 0 Å². The van der Waals surface area contributed by atoms with Crippen LogP contribution < -0.4 is 10.2 Å². The molecule has 1 N–H and O–H groups in total. The monoisotopic (exact) mass is 408 g/mol. The first-order valence-corrected chi connectivity index (χ1v) is 9.54. The number of nitrogens with one attached hydrogen (secondary N) is 1. The van der Waals surface area contributed by atoms with Crippen molar-refractivity contribution in [3.8, 4) is 0 Å². The first kappa shape index (κ1) is 18.8. The van der Waals surface area contributed by atoms with Crippen LogP contribution in [-0.2, 0) is 14.4 Å². The maximum absolute atomic E-state index is 12.5. The van der Waals surface area contributed by atoms with E-state index in [0.717, 1.165) is 16.7 Å².